The molecule has 0 heterocycles. The molecule has 0 unspecified atom stereocenters. The third-order valence-electron chi connectivity index (χ3n) is 8.93. The normalized spacial score (nSPS) is 53.4. The zero-order valence-corrected chi connectivity index (χ0v) is 17.0. The van der Waals surface area contributed by atoms with Crippen molar-refractivity contribution in [1.82, 2.24) is 0 Å². The number of hydrogen-bond donors (Lipinski definition) is 3. The first-order chi connectivity index (χ1) is 12.3. The number of esters is 1. The highest BCUT2D eigenvalue weighted by atomic mass is 16.6. The van der Waals surface area contributed by atoms with E-state index in [1.807, 2.05) is 20.8 Å². The molecule has 0 radical (unpaired) electrons. The van der Waals surface area contributed by atoms with Crippen LogP contribution < -0.4 is 0 Å². The third kappa shape index (κ3) is 2.37. The molecular weight excluding hydrogens is 344 g/mol. The van der Waals surface area contributed by atoms with Gasteiger partial charge in [-0.1, -0.05) is 26.0 Å². The van der Waals surface area contributed by atoms with Crippen LogP contribution in [-0.2, 0) is 9.53 Å². The summed E-state index contributed by atoms with van der Waals surface area (Å²) in [6.45, 7) is 11.4. The molecule has 4 aliphatic rings. The molecule has 4 rings (SSSR count). The van der Waals surface area contributed by atoms with Crippen molar-refractivity contribution in [2.24, 2.45) is 28.6 Å². The van der Waals surface area contributed by atoms with Crippen LogP contribution in [0.25, 0.3) is 0 Å². The number of carbonyl (C=O) groups excluding carboxylic acids is 1. The first-order valence-corrected chi connectivity index (χ1v) is 10.3. The van der Waals surface area contributed by atoms with E-state index in [1.54, 1.807) is 0 Å². The van der Waals surface area contributed by atoms with Crippen molar-refractivity contribution >= 4 is 5.97 Å². The molecule has 2 bridgehead atoms. The Morgan fingerprint density at radius 3 is 2.44 bits per heavy atom. The lowest BCUT2D eigenvalue weighted by Crippen LogP contribution is -2.58. The van der Waals surface area contributed by atoms with Crippen LogP contribution in [0.4, 0.5) is 0 Å². The summed E-state index contributed by atoms with van der Waals surface area (Å²) >= 11 is 0. The summed E-state index contributed by atoms with van der Waals surface area (Å²) in [6.07, 6.45) is 2.99. The van der Waals surface area contributed by atoms with Crippen molar-refractivity contribution in [3.8, 4) is 0 Å². The van der Waals surface area contributed by atoms with Crippen LogP contribution in [0.5, 0.6) is 0 Å². The van der Waals surface area contributed by atoms with E-state index in [9.17, 15) is 20.1 Å². The van der Waals surface area contributed by atoms with E-state index in [2.05, 4.69) is 6.58 Å². The summed E-state index contributed by atoms with van der Waals surface area (Å²) < 4.78 is 5.76. The van der Waals surface area contributed by atoms with Crippen molar-refractivity contribution in [3.63, 3.8) is 0 Å². The van der Waals surface area contributed by atoms with Gasteiger partial charge < -0.3 is 20.1 Å². The summed E-state index contributed by atoms with van der Waals surface area (Å²) in [5.41, 5.74) is -2.12. The molecule has 0 aromatic heterocycles. The summed E-state index contributed by atoms with van der Waals surface area (Å²) in [6, 6.07) is 0. The Kier molecular flexibility index (Phi) is 4.01. The van der Waals surface area contributed by atoms with Gasteiger partial charge in [0.05, 0.1) is 11.7 Å². The van der Waals surface area contributed by atoms with Gasteiger partial charge in [-0.15, -0.1) is 0 Å². The first kappa shape index (κ1) is 19.4. The van der Waals surface area contributed by atoms with Crippen LogP contribution in [-0.4, -0.2) is 44.7 Å². The lowest BCUT2D eigenvalue weighted by molar-refractivity contribution is -0.195. The molecule has 3 N–H and O–H groups in total. The second-order valence-electron chi connectivity index (χ2n) is 10.7. The summed E-state index contributed by atoms with van der Waals surface area (Å²) in [4.78, 5) is 12.0. The van der Waals surface area contributed by atoms with Crippen molar-refractivity contribution < 1.29 is 24.9 Å². The number of aliphatic hydroxyl groups is 3. The third-order valence-corrected chi connectivity index (χ3v) is 8.93. The summed E-state index contributed by atoms with van der Waals surface area (Å²) in [5.74, 6) is -0.299. The highest BCUT2D eigenvalue weighted by Gasteiger charge is 2.70. The molecule has 4 aliphatic carbocycles. The molecule has 4 fully saturated rings. The molecule has 0 saturated heterocycles. The number of rotatable bonds is 1. The smallest absolute Gasteiger partial charge is 0.303 e. The van der Waals surface area contributed by atoms with Gasteiger partial charge in [-0.3, -0.25) is 4.79 Å². The molecule has 0 amide bonds. The van der Waals surface area contributed by atoms with Crippen molar-refractivity contribution in [3.05, 3.63) is 12.2 Å². The van der Waals surface area contributed by atoms with Crippen LogP contribution in [0, 0.1) is 28.6 Å². The Bertz CT molecular complexity index is 682. The van der Waals surface area contributed by atoms with Crippen LogP contribution in [0.2, 0.25) is 0 Å². The quantitative estimate of drug-likeness (QED) is 0.482. The standard InChI is InChI=1S/C22H34O5/c1-12-15-7-6-14-9-21(15,11-20(14,5)25)10-18(27-13(2)23)22(26)16(12)8-17(24)19(22,3)4/h14-18,24-26H,1,6-11H2,2-5H3/t14-,15+,16+,17+,18-,20-,21-,22+/m1/s1. The maximum absolute atomic E-state index is 12.0. The highest BCUT2D eigenvalue weighted by molar-refractivity contribution is 5.66. The van der Waals surface area contributed by atoms with E-state index in [-0.39, 0.29) is 23.2 Å². The second-order valence-corrected chi connectivity index (χ2v) is 10.7. The number of hydrogen-bond acceptors (Lipinski definition) is 5. The SMILES string of the molecule is C=C1[C@@H]2CC[C@@H]3C[C@@]2(C[C@@H](OC(C)=O)[C@@]2(O)[C@H]1C[C@H](O)C2(C)C)C[C@@]3(C)O. The largest absolute Gasteiger partial charge is 0.459 e. The van der Waals surface area contributed by atoms with Gasteiger partial charge in [-0.2, -0.15) is 0 Å². The lowest BCUT2D eigenvalue weighted by atomic mass is 9.63. The number of aliphatic hydroxyl groups excluding tert-OH is 1. The molecule has 27 heavy (non-hydrogen) atoms. The minimum absolute atomic E-state index is 0.181. The monoisotopic (exact) mass is 378 g/mol. The minimum Gasteiger partial charge on any atom is -0.459 e. The van der Waals surface area contributed by atoms with Gasteiger partial charge in [0, 0.05) is 18.3 Å². The van der Waals surface area contributed by atoms with Crippen molar-refractivity contribution in [2.45, 2.75) is 89.6 Å². The van der Waals surface area contributed by atoms with E-state index in [1.165, 1.54) is 6.92 Å². The molecule has 5 heteroatoms. The number of ether oxygens (including phenoxy) is 1. The Hall–Kier alpha value is -0.910. The van der Waals surface area contributed by atoms with E-state index >= 15 is 0 Å². The molecule has 1 spiro atoms. The summed E-state index contributed by atoms with van der Waals surface area (Å²) in [5, 5.41) is 33.8. The first-order valence-electron chi connectivity index (χ1n) is 10.3. The molecule has 152 valence electrons. The Labute approximate surface area is 161 Å². The molecule has 0 aliphatic heterocycles. The van der Waals surface area contributed by atoms with Crippen LogP contribution >= 0.6 is 0 Å². The molecule has 0 aromatic rings. The maximum atomic E-state index is 12.0. The molecule has 4 saturated carbocycles. The molecule has 0 aromatic carbocycles. The van der Waals surface area contributed by atoms with Crippen molar-refractivity contribution in [1.29, 1.82) is 0 Å². The van der Waals surface area contributed by atoms with E-state index in [4.69, 9.17) is 4.74 Å². The average molecular weight is 379 g/mol. The van der Waals surface area contributed by atoms with Gasteiger partial charge in [-0.25, -0.2) is 0 Å². The van der Waals surface area contributed by atoms with Gasteiger partial charge >= 0.3 is 5.97 Å². The zero-order chi connectivity index (χ0) is 20.0. The van der Waals surface area contributed by atoms with Crippen LogP contribution in [0.1, 0.15) is 66.2 Å². The summed E-state index contributed by atoms with van der Waals surface area (Å²) in [7, 11) is 0. The van der Waals surface area contributed by atoms with Crippen LogP contribution in [0.3, 0.4) is 0 Å². The molecular formula is C22H34O5. The average Bonchev–Trinajstić information content (AvgIpc) is 2.82. The second kappa shape index (κ2) is 5.58. The zero-order valence-electron chi connectivity index (χ0n) is 17.0. The highest BCUT2D eigenvalue weighted by Crippen LogP contribution is 2.69. The van der Waals surface area contributed by atoms with Crippen molar-refractivity contribution in [2.75, 3.05) is 0 Å². The molecule has 5 nitrogen and oxygen atoms in total. The fourth-order valence-electron chi connectivity index (χ4n) is 7.46. The van der Waals surface area contributed by atoms with Gasteiger partial charge in [-0.05, 0) is 62.7 Å². The molecule has 8 atom stereocenters. The lowest BCUT2D eigenvalue weighted by Gasteiger charge is -2.46. The predicted molar refractivity (Wildman–Crippen MR) is 101 cm³/mol. The number of carbonyl (C=O) groups is 1. The van der Waals surface area contributed by atoms with E-state index in [0.29, 0.717) is 19.3 Å². The Morgan fingerprint density at radius 2 is 1.81 bits per heavy atom. The number of fused-ring (bicyclic) bond motifs is 2. The van der Waals surface area contributed by atoms with Gasteiger partial charge in [0.15, 0.2) is 0 Å². The minimum atomic E-state index is -1.36. The Balaban J connectivity index is 1.85. The van der Waals surface area contributed by atoms with Gasteiger partial charge in [0.25, 0.3) is 0 Å². The Morgan fingerprint density at radius 1 is 1.15 bits per heavy atom. The fraction of sp³-hybridized carbons (Fsp3) is 0.864. The van der Waals surface area contributed by atoms with E-state index in [0.717, 1.165) is 24.8 Å². The van der Waals surface area contributed by atoms with Gasteiger partial charge in [0.2, 0.25) is 0 Å². The van der Waals surface area contributed by atoms with Gasteiger partial charge in [0.1, 0.15) is 11.7 Å². The predicted octanol–water partition coefficient (Wildman–Crippen LogP) is 2.57. The van der Waals surface area contributed by atoms with E-state index < -0.39 is 34.8 Å². The maximum Gasteiger partial charge on any atom is 0.303 e. The topological polar surface area (TPSA) is 87.0 Å². The fourth-order valence-corrected chi connectivity index (χ4v) is 7.46. The van der Waals surface area contributed by atoms with Crippen LogP contribution in [0.15, 0.2) is 12.2 Å².